The maximum atomic E-state index is 5.91. The Bertz CT molecular complexity index is 525. The number of aromatic nitrogens is 1. The smallest absolute Gasteiger partial charge is 0.130 e. The molecule has 1 heterocycles. The van der Waals surface area contributed by atoms with Gasteiger partial charge in [-0.15, -0.1) is 11.8 Å². The molecule has 0 saturated carbocycles. The van der Waals surface area contributed by atoms with Gasteiger partial charge in [-0.05, 0) is 36.6 Å². The summed E-state index contributed by atoms with van der Waals surface area (Å²) in [6.07, 6.45) is 1.82. The van der Waals surface area contributed by atoms with Crippen LogP contribution in [0.1, 0.15) is 16.7 Å². The van der Waals surface area contributed by atoms with Gasteiger partial charge in [-0.25, -0.2) is 4.98 Å². The molecule has 0 aliphatic carbocycles. The summed E-state index contributed by atoms with van der Waals surface area (Å²) in [5.41, 5.74) is 3.87. The van der Waals surface area contributed by atoms with Crippen molar-refractivity contribution in [2.75, 3.05) is 0 Å². The highest BCUT2D eigenvalue weighted by Gasteiger charge is 2.03. The fourth-order valence-electron chi connectivity index (χ4n) is 1.56. The first-order chi connectivity index (χ1) is 8.16. The predicted molar refractivity (Wildman–Crippen MR) is 74.7 cm³/mol. The zero-order chi connectivity index (χ0) is 12.3. The molecule has 88 valence electrons. The van der Waals surface area contributed by atoms with E-state index in [4.69, 9.17) is 11.6 Å². The van der Waals surface area contributed by atoms with E-state index in [2.05, 4.69) is 43.1 Å². The molecule has 0 radical (unpaired) electrons. The summed E-state index contributed by atoms with van der Waals surface area (Å²) in [6.45, 7) is 4.20. The predicted octanol–water partition coefficient (Wildman–Crippen LogP) is 4.64. The minimum Gasteiger partial charge on any atom is -0.244 e. The molecule has 2 rings (SSSR count). The number of benzene rings is 1. The van der Waals surface area contributed by atoms with Crippen molar-refractivity contribution in [2.24, 2.45) is 0 Å². The van der Waals surface area contributed by atoms with E-state index in [1.807, 2.05) is 12.3 Å². The molecule has 0 bridgehead atoms. The van der Waals surface area contributed by atoms with Crippen LogP contribution >= 0.6 is 23.4 Å². The molecule has 0 N–H and O–H groups in total. The lowest BCUT2D eigenvalue weighted by atomic mass is 10.1. The molecule has 0 aliphatic rings. The van der Waals surface area contributed by atoms with Crippen molar-refractivity contribution in [2.45, 2.75) is 24.5 Å². The van der Waals surface area contributed by atoms with E-state index in [9.17, 15) is 0 Å². The highest BCUT2D eigenvalue weighted by molar-refractivity contribution is 7.98. The van der Waals surface area contributed by atoms with Crippen LogP contribution in [0.4, 0.5) is 0 Å². The van der Waals surface area contributed by atoms with Gasteiger partial charge in [0, 0.05) is 16.8 Å². The van der Waals surface area contributed by atoms with Crippen LogP contribution in [0.2, 0.25) is 5.15 Å². The molecule has 0 amide bonds. The molecular weight excluding hydrogens is 250 g/mol. The van der Waals surface area contributed by atoms with Crippen molar-refractivity contribution >= 4 is 23.4 Å². The molecule has 3 heteroatoms. The van der Waals surface area contributed by atoms with Gasteiger partial charge < -0.3 is 0 Å². The van der Waals surface area contributed by atoms with Gasteiger partial charge in [-0.3, -0.25) is 0 Å². The van der Waals surface area contributed by atoms with E-state index >= 15 is 0 Å². The molecule has 1 nitrogen and oxygen atoms in total. The SMILES string of the molecule is Cc1ccccc1CSc1cc(Cl)ncc1C. The van der Waals surface area contributed by atoms with Crippen molar-refractivity contribution in [3.63, 3.8) is 0 Å². The fraction of sp³-hybridized carbons (Fsp3) is 0.214. The average molecular weight is 264 g/mol. The minimum atomic E-state index is 0.558. The van der Waals surface area contributed by atoms with Gasteiger partial charge >= 0.3 is 0 Å². The van der Waals surface area contributed by atoms with Crippen LogP contribution in [0, 0.1) is 13.8 Å². The second kappa shape index (κ2) is 5.56. The number of halogens is 1. The van der Waals surface area contributed by atoms with Gasteiger partial charge in [0.1, 0.15) is 5.15 Å². The number of hydrogen-bond acceptors (Lipinski definition) is 2. The van der Waals surface area contributed by atoms with Crippen molar-refractivity contribution in [1.82, 2.24) is 4.98 Å². The second-order valence-electron chi connectivity index (χ2n) is 3.99. The molecular formula is C14H14ClNS. The van der Waals surface area contributed by atoms with E-state index < -0.39 is 0 Å². The Kier molecular flexibility index (Phi) is 4.08. The maximum Gasteiger partial charge on any atom is 0.130 e. The lowest BCUT2D eigenvalue weighted by Crippen LogP contribution is -1.88. The van der Waals surface area contributed by atoms with Crippen LogP contribution in [-0.2, 0) is 5.75 Å². The molecule has 17 heavy (non-hydrogen) atoms. The van der Waals surface area contributed by atoms with Crippen LogP contribution in [0.15, 0.2) is 41.4 Å². The van der Waals surface area contributed by atoms with Crippen molar-refractivity contribution in [1.29, 1.82) is 0 Å². The standard InChI is InChI=1S/C14H14ClNS/c1-10-5-3-4-6-12(10)9-17-13-7-14(15)16-8-11(13)2/h3-8H,9H2,1-2H3. The number of rotatable bonds is 3. The number of nitrogens with zero attached hydrogens (tertiary/aromatic N) is 1. The molecule has 0 aliphatic heterocycles. The third kappa shape index (κ3) is 3.24. The van der Waals surface area contributed by atoms with Crippen molar-refractivity contribution in [3.8, 4) is 0 Å². The Labute approximate surface area is 111 Å². The third-order valence-electron chi connectivity index (χ3n) is 2.66. The van der Waals surface area contributed by atoms with Gasteiger partial charge in [0.2, 0.25) is 0 Å². The maximum absolute atomic E-state index is 5.91. The highest BCUT2D eigenvalue weighted by atomic mass is 35.5. The molecule has 1 aromatic carbocycles. The Morgan fingerprint density at radius 1 is 1.18 bits per heavy atom. The molecule has 1 aromatic heterocycles. The first-order valence-corrected chi connectivity index (χ1v) is 6.82. The third-order valence-corrected chi connectivity index (χ3v) is 4.08. The van der Waals surface area contributed by atoms with Gasteiger partial charge in [0.25, 0.3) is 0 Å². The Balaban J connectivity index is 2.12. The summed E-state index contributed by atoms with van der Waals surface area (Å²) in [4.78, 5) is 5.27. The van der Waals surface area contributed by atoms with Gasteiger partial charge in [0.05, 0.1) is 0 Å². The van der Waals surface area contributed by atoms with Crippen LogP contribution in [-0.4, -0.2) is 4.98 Å². The van der Waals surface area contributed by atoms with E-state index in [-0.39, 0.29) is 0 Å². The number of thioether (sulfide) groups is 1. The van der Waals surface area contributed by atoms with E-state index in [1.165, 1.54) is 21.6 Å². The first kappa shape index (κ1) is 12.5. The minimum absolute atomic E-state index is 0.558. The monoisotopic (exact) mass is 263 g/mol. The lowest BCUT2D eigenvalue weighted by molar-refractivity contribution is 1.18. The molecule has 0 spiro atoms. The van der Waals surface area contributed by atoms with Gasteiger partial charge in [-0.2, -0.15) is 0 Å². The summed E-state index contributed by atoms with van der Waals surface area (Å²) >= 11 is 7.71. The molecule has 0 fully saturated rings. The molecule has 2 aromatic rings. The zero-order valence-electron chi connectivity index (χ0n) is 9.90. The summed E-state index contributed by atoms with van der Waals surface area (Å²) in [7, 11) is 0. The second-order valence-corrected chi connectivity index (χ2v) is 5.39. The molecule has 0 atom stereocenters. The van der Waals surface area contributed by atoms with Gasteiger partial charge in [-0.1, -0.05) is 35.9 Å². The van der Waals surface area contributed by atoms with Crippen LogP contribution < -0.4 is 0 Å². The molecule has 0 saturated heterocycles. The van der Waals surface area contributed by atoms with E-state index in [1.54, 1.807) is 11.8 Å². The summed E-state index contributed by atoms with van der Waals surface area (Å²) in [5, 5.41) is 0.558. The first-order valence-electron chi connectivity index (χ1n) is 5.46. The largest absolute Gasteiger partial charge is 0.244 e. The van der Waals surface area contributed by atoms with Crippen molar-refractivity contribution in [3.05, 3.63) is 58.4 Å². The highest BCUT2D eigenvalue weighted by Crippen LogP contribution is 2.28. The van der Waals surface area contributed by atoms with E-state index in [0.717, 1.165) is 5.75 Å². The number of pyridine rings is 1. The summed E-state index contributed by atoms with van der Waals surface area (Å²) < 4.78 is 0. The molecule has 0 unspecified atom stereocenters. The zero-order valence-corrected chi connectivity index (χ0v) is 11.5. The van der Waals surface area contributed by atoms with Crippen LogP contribution in [0.3, 0.4) is 0 Å². The number of hydrogen-bond donors (Lipinski definition) is 0. The van der Waals surface area contributed by atoms with Gasteiger partial charge in [0.15, 0.2) is 0 Å². The average Bonchev–Trinajstić information content (AvgIpc) is 2.32. The van der Waals surface area contributed by atoms with Crippen LogP contribution in [0.5, 0.6) is 0 Å². The van der Waals surface area contributed by atoms with E-state index in [0.29, 0.717) is 5.15 Å². The quantitative estimate of drug-likeness (QED) is 0.591. The fourth-order valence-corrected chi connectivity index (χ4v) is 2.90. The normalized spacial score (nSPS) is 10.5. The Hall–Kier alpha value is -0.990. The number of aryl methyl sites for hydroxylation is 2. The topological polar surface area (TPSA) is 12.9 Å². The Morgan fingerprint density at radius 2 is 1.94 bits per heavy atom. The lowest BCUT2D eigenvalue weighted by Gasteiger charge is -2.07. The summed E-state index contributed by atoms with van der Waals surface area (Å²) in [5.74, 6) is 0.966. The van der Waals surface area contributed by atoms with Crippen molar-refractivity contribution < 1.29 is 0 Å². The Morgan fingerprint density at radius 3 is 2.71 bits per heavy atom. The van der Waals surface area contributed by atoms with Crippen LogP contribution in [0.25, 0.3) is 0 Å². The summed E-state index contributed by atoms with van der Waals surface area (Å²) in [6, 6.07) is 10.4.